The topological polar surface area (TPSA) is 89.3 Å². The fourth-order valence-corrected chi connectivity index (χ4v) is 3.50. The van der Waals surface area contributed by atoms with Gasteiger partial charge in [0.2, 0.25) is 0 Å². The molecule has 4 rings (SSSR count). The summed E-state index contributed by atoms with van der Waals surface area (Å²) in [6.07, 6.45) is 5.30. The van der Waals surface area contributed by atoms with Crippen molar-refractivity contribution in [3.05, 3.63) is 72.1 Å². The van der Waals surface area contributed by atoms with Crippen molar-refractivity contribution in [1.29, 1.82) is 0 Å². The second-order valence-corrected chi connectivity index (χ2v) is 7.08. The first-order chi connectivity index (χ1) is 14.8. The average molecular weight is 533 g/mol. The number of aliphatic imine (C=N–C) groups is 1. The smallest absolute Gasteiger partial charge is 0.192 e. The molecule has 0 aliphatic carbocycles. The number of aromatic nitrogens is 4. The Morgan fingerprint density at radius 2 is 2.10 bits per heavy atom. The summed E-state index contributed by atoms with van der Waals surface area (Å²) in [5.74, 6) is 2.67. The lowest BCUT2D eigenvalue weighted by Gasteiger charge is -2.28. The Balaban J connectivity index is 0.00000272. The van der Waals surface area contributed by atoms with Gasteiger partial charge in [-0.1, -0.05) is 31.2 Å². The molecule has 0 saturated heterocycles. The van der Waals surface area contributed by atoms with Crippen molar-refractivity contribution in [3.63, 3.8) is 0 Å². The van der Waals surface area contributed by atoms with E-state index in [0.717, 1.165) is 48.2 Å². The second-order valence-electron chi connectivity index (χ2n) is 7.08. The Morgan fingerprint density at radius 1 is 1.23 bits per heavy atom. The van der Waals surface area contributed by atoms with E-state index in [1.807, 2.05) is 36.4 Å². The minimum atomic E-state index is 0. The van der Waals surface area contributed by atoms with Gasteiger partial charge in [-0.05, 0) is 18.2 Å². The normalized spacial score (nSPS) is 15.4. The van der Waals surface area contributed by atoms with E-state index in [-0.39, 0.29) is 30.0 Å². The van der Waals surface area contributed by atoms with Crippen molar-refractivity contribution in [2.24, 2.45) is 4.99 Å². The number of guanidine groups is 1. The maximum Gasteiger partial charge on any atom is 0.192 e. The Kier molecular flexibility index (Phi) is 8.63. The molecule has 8 nitrogen and oxygen atoms in total. The summed E-state index contributed by atoms with van der Waals surface area (Å²) in [7, 11) is 0. The van der Waals surface area contributed by atoms with E-state index < -0.39 is 0 Å². The number of ether oxygens (including phenoxy) is 1. The Labute approximate surface area is 199 Å². The van der Waals surface area contributed by atoms with Crippen LogP contribution in [0.3, 0.4) is 0 Å². The molecule has 3 heterocycles. The number of nitrogens with zero attached hydrogens (tertiary/aromatic N) is 5. The van der Waals surface area contributed by atoms with E-state index in [2.05, 4.69) is 43.4 Å². The van der Waals surface area contributed by atoms with Crippen molar-refractivity contribution in [2.45, 2.75) is 38.9 Å². The standard InChI is InChI=1S/C22H27N7O.HI/c1-2-21-28-26-16-29(21)13-12-24-22(25-15-17-7-5-6-11-23-17)27-19-10-14-30-20-9-4-3-8-18(19)20;/h3-9,11,16,19H,2,10,12-15H2,1H3,(H2,24,25,27);1H. The molecule has 1 aromatic carbocycles. The molecule has 0 spiro atoms. The highest BCUT2D eigenvalue weighted by Gasteiger charge is 2.21. The minimum Gasteiger partial charge on any atom is -0.493 e. The third-order valence-electron chi connectivity index (χ3n) is 5.05. The second kappa shape index (κ2) is 11.6. The predicted molar refractivity (Wildman–Crippen MR) is 131 cm³/mol. The van der Waals surface area contributed by atoms with Crippen molar-refractivity contribution >= 4 is 29.9 Å². The van der Waals surface area contributed by atoms with Crippen LogP contribution in [0.25, 0.3) is 0 Å². The van der Waals surface area contributed by atoms with Crippen LogP contribution in [0.5, 0.6) is 5.75 Å². The van der Waals surface area contributed by atoms with Crippen LogP contribution in [-0.2, 0) is 19.5 Å². The van der Waals surface area contributed by atoms with Gasteiger partial charge in [-0.3, -0.25) is 4.98 Å². The van der Waals surface area contributed by atoms with E-state index in [1.54, 1.807) is 12.5 Å². The van der Waals surface area contributed by atoms with Crippen LogP contribution in [-0.4, -0.2) is 38.9 Å². The lowest BCUT2D eigenvalue weighted by atomic mass is 10.0. The van der Waals surface area contributed by atoms with Crippen LogP contribution < -0.4 is 15.4 Å². The molecule has 1 aliphatic heterocycles. The number of fused-ring (bicyclic) bond motifs is 1. The van der Waals surface area contributed by atoms with E-state index in [9.17, 15) is 0 Å². The predicted octanol–water partition coefficient (Wildman–Crippen LogP) is 3.11. The van der Waals surface area contributed by atoms with Gasteiger partial charge < -0.3 is 19.9 Å². The van der Waals surface area contributed by atoms with Crippen LogP contribution >= 0.6 is 24.0 Å². The van der Waals surface area contributed by atoms with Gasteiger partial charge in [0.15, 0.2) is 5.96 Å². The number of para-hydroxylation sites is 1. The monoisotopic (exact) mass is 533 g/mol. The molecule has 0 bridgehead atoms. The van der Waals surface area contributed by atoms with E-state index in [1.165, 1.54) is 0 Å². The van der Waals surface area contributed by atoms with Gasteiger partial charge in [0.1, 0.15) is 17.9 Å². The van der Waals surface area contributed by atoms with E-state index >= 15 is 0 Å². The number of rotatable bonds is 7. The number of aryl methyl sites for hydroxylation is 1. The zero-order valence-electron chi connectivity index (χ0n) is 17.6. The molecule has 0 fully saturated rings. The fraction of sp³-hybridized carbons (Fsp3) is 0.364. The van der Waals surface area contributed by atoms with Gasteiger partial charge in [0.25, 0.3) is 0 Å². The molecule has 9 heteroatoms. The lowest BCUT2D eigenvalue weighted by Crippen LogP contribution is -2.42. The summed E-state index contributed by atoms with van der Waals surface area (Å²) in [6.45, 7) is 4.75. The third kappa shape index (κ3) is 6.16. The van der Waals surface area contributed by atoms with Crippen LogP contribution in [0.1, 0.15) is 36.5 Å². The Morgan fingerprint density at radius 3 is 2.94 bits per heavy atom. The third-order valence-corrected chi connectivity index (χ3v) is 5.05. The maximum atomic E-state index is 5.79. The first-order valence-corrected chi connectivity index (χ1v) is 10.4. The van der Waals surface area contributed by atoms with Gasteiger partial charge in [-0.15, -0.1) is 34.2 Å². The van der Waals surface area contributed by atoms with Crippen LogP contribution in [0.2, 0.25) is 0 Å². The van der Waals surface area contributed by atoms with Crippen molar-refractivity contribution in [1.82, 2.24) is 30.4 Å². The zero-order chi connectivity index (χ0) is 20.6. The number of nitrogens with one attached hydrogen (secondary N) is 2. The summed E-state index contributed by atoms with van der Waals surface area (Å²) in [6, 6.07) is 14.2. The summed E-state index contributed by atoms with van der Waals surface area (Å²) in [5, 5.41) is 15.2. The number of pyridine rings is 1. The molecule has 164 valence electrons. The Hall–Kier alpha value is -2.69. The first kappa shape index (κ1) is 23.0. The van der Waals surface area contributed by atoms with Gasteiger partial charge in [0.05, 0.1) is 24.9 Å². The number of hydrogen-bond donors (Lipinski definition) is 2. The first-order valence-electron chi connectivity index (χ1n) is 10.4. The Bertz CT molecular complexity index is 977. The molecule has 1 atom stereocenters. The van der Waals surface area contributed by atoms with Gasteiger partial charge >= 0.3 is 0 Å². The van der Waals surface area contributed by atoms with E-state index in [0.29, 0.717) is 19.7 Å². The number of hydrogen-bond acceptors (Lipinski definition) is 5. The molecule has 2 N–H and O–H groups in total. The van der Waals surface area contributed by atoms with Crippen molar-refractivity contribution < 1.29 is 4.74 Å². The lowest BCUT2D eigenvalue weighted by molar-refractivity contribution is 0.261. The largest absolute Gasteiger partial charge is 0.493 e. The average Bonchev–Trinajstić information content (AvgIpc) is 3.26. The SMILES string of the molecule is CCc1nncn1CCNC(=NCc1ccccn1)NC1CCOc2ccccc21.I. The molecule has 0 radical (unpaired) electrons. The summed E-state index contributed by atoms with van der Waals surface area (Å²) in [5.41, 5.74) is 2.08. The van der Waals surface area contributed by atoms with Crippen molar-refractivity contribution in [2.75, 3.05) is 13.2 Å². The van der Waals surface area contributed by atoms with Crippen LogP contribution in [0, 0.1) is 0 Å². The maximum absolute atomic E-state index is 5.79. The quantitative estimate of drug-likeness (QED) is 0.276. The van der Waals surface area contributed by atoms with E-state index in [4.69, 9.17) is 9.73 Å². The summed E-state index contributed by atoms with van der Waals surface area (Å²) in [4.78, 5) is 9.15. The molecule has 1 unspecified atom stereocenters. The van der Waals surface area contributed by atoms with Gasteiger partial charge in [-0.25, -0.2) is 4.99 Å². The minimum absolute atomic E-state index is 0. The molecular weight excluding hydrogens is 505 g/mol. The molecular formula is C22H28IN7O. The highest BCUT2D eigenvalue weighted by atomic mass is 127. The zero-order valence-corrected chi connectivity index (χ0v) is 19.9. The molecule has 1 aliphatic rings. The van der Waals surface area contributed by atoms with Gasteiger partial charge in [0, 0.05) is 37.7 Å². The van der Waals surface area contributed by atoms with Crippen molar-refractivity contribution in [3.8, 4) is 5.75 Å². The number of halogens is 1. The van der Waals surface area contributed by atoms with Crippen LogP contribution in [0.15, 0.2) is 60.0 Å². The van der Waals surface area contributed by atoms with Crippen LogP contribution in [0.4, 0.5) is 0 Å². The highest BCUT2D eigenvalue weighted by molar-refractivity contribution is 14.0. The summed E-state index contributed by atoms with van der Waals surface area (Å²) < 4.78 is 7.86. The van der Waals surface area contributed by atoms with Gasteiger partial charge in [-0.2, -0.15) is 0 Å². The highest BCUT2D eigenvalue weighted by Crippen LogP contribution is 2.31. The molecule has 3 aromatic rings. The number of benzene rings is 1. The summed E-state index contributed by atoms with van der Waals surface area (Å²) >= 11 is 0. The molecule has 31 heavy (non-hydrogen) atoms. The molecule has 0 saturated carbocycles. The molecule has 2 aromatic heterocycles. The molecule has 0 amide bonds. The fourth-order valence-electron chi connectivity index (χ4n) is 3.50.